The van der Waals surface area contributed by atoms with Gasteiger partial charge in [0.05, 0.1) is 6.10 Å². The number of nitrogens with one attached hydrogen (secondary N) is 1. The summed E-state index contributed by atoms with van der Waals surface area (Å²) in [5, 5.41) is 7.42. The van der Waals surface area contributed by atoms with E-state index in [0.29, 0.717) is 12.1 Å². The highest BCUT2D eigenvalue weighted by Gasteiger charge is 2.59. The first-order valence-corrected chi connectivity index (χ1v) is 9.40. The van der Waals surface area contributed by atoms with Gasteiger partial charge in [-0.15, -0.1) is 0 Å². The lowest BCUT2D eigenvalue weighted by molar-refractivity contribution is -0.167. The molecule has 8 heteroatoms. The Hall–Kier alpha value is -1.51. The lowest BCUT2D eigenvalue weighted by Gasteiger charge is -2.60. The molecule has 0 aliphatic heterocycles. The zero-order chi connectivity index (χ0) is 16.1. The van der Waals surface area contributed by atoms with Gasteiger partial charge in [-0.05, 0) is 48.6 Å². The fraction of sp³-hybridized carbons (Fsp3) is 0.600. The van der Waals surface area contributed by atoms with Crippen LogP contribution in [0.3, 0.4) is 0 Å². The van der Waals surface area contributed by atoms with Gasteiger partial charge in [-0.3, -0.25) is 0 Å². The summed E-state index contributed by atoms with van der Waals surface area (Å²) in [6, 6.07) is 4.77. The van der Waals surface area contributed by atoms with Gasteiger partial charge in [-0.2, -0.15) is 0 Å². The lowest BCUT2D eigenvalue weighted by Crippen LogP contribution is -2.67. The summed E-state index contributed by atoms with van der Waals surface area (Å²) in [4.78, 5) is 0.116. The number of benzene rings is 1. The first kappa shape index (κ1) is 15.0. The van der Waals surface area contributed by atoms with Crippen LogP contribution in [0.2, 0.25) is 0 Å². The van der Waals surface area contributed by atoms with Gasteiger partial charge in [0.15, 0.2) is 5.52 Å². The van der Waals surface area contributed by atoms with Gasteiger partial charge < -0.3 is 4.74 Å². The molecule has 0 saturated heterocycles. The third kappa shape index (κ3) is 2.20. The van der Waals surface area contributed by atoms with Gasteiger partial charge in [0, 0.05) is 18.1 Å². The number of ether oxygens (including phenoxy) is 1. The minimum atomic E-state index is -3.67. The van der Waals surface area contributed by atoms with E-state index in [-0.39, 0.29) is 28.0 Å². The number of aromatic nitrogens is 2. The molecule has 0 amide bonds. The summed E-state index contributed by atoms with van der Waals surface area (Å²) in [6.07, 6.45) is 4.05. The third-order valence-electron chi connectivity index (χ3n) is 5.27. The van der Waals surface area contributed by atoms with Crippen LogP contribution < -0.4 is 4.72 Å². The smallest absolute Gasteiger partial charge is 0.243 e. The quantitative estimate of drug-likeness (QED) is 0.895. The SMILES string of the molecule is CCO[C@H]1C[C@@H](NS(=O)(=O)c2cccc3nonc23)C12CCC2. The topological polar surface area (TPSA) is 94.3 Å². The molecule has 2 aliphatic rings. The second kappa shape index (κ2) is 5.25. The molecule has 0 radical (unpaired) electrons. The fourth-order valence-electron chi connectivity index (χ4n) is 3.85. The molecule has 0 unspecified atom stereocenters. The zero-order valence-electron chi connectivity index (χ0n) is 12.9. The minimum absolute atomic E-state index is 0.0287. The maximum absolute atomic E-state index is 12.8. The molecule has 2 aliphatic carbocycles. The molecule has 1 N–H and O–H groups in total. The average Bonchev–Trinajstić information content (AvgIpc) is 2.92. The van der Waals surface area contributed by atoms with Crippen LogP contribution in [0, 0.1) is 5.41 Å². The predicted molar refractivity (Wildman–Crippen MR) is 82.2 cm³/mol. The minimum Gasteiger partial charge on any atom is -0.378 e. The largest absolute Gasteiger partial charge is 0.378 e. The van der Waals surface area contributed by atoms with Crippen molar-refractivity contribution in [1.29, 1.82) is 0 Å². The maximum Gasteiger partial charge on any atom is 0.243 e. The Morgan fingerprint density at radius 1 is 1.39 bits per heavy atom. The Morgan fingerprint density at radius 3 is 2.91 bits per heavy atom. The molecular weight excluding hydrogens is 318 g/mol. The van der Waals surface area contributed by atoms with Crippen LogP contribution in [-0.2, 0) is 14.8 Å². The van der Waals surface area contributed by atoms with Crippen molar-refractivity contribution in [3.63, 3.8) is 0 Å². The van der Waals surface area contributed by atoms with Crippen molar-refractivity contribution in [1.82, 2.24) is 15.0 Å². The number of nitrogens with zero attached hydrogens (tertiary/aromatic N) is 2. The van der Waals surface area contributed by atoms with Gasteiger partial charge in [0.25, 0.3) is 0 Å². The highest BCUT2D eigenvalue weighted by atomic mass is 32.2. The van der Waals surface area contributed by atoms with Gasteiger partial charge in [-0.25, -0.2) is 17.8 Å². The van der Waals surface area contributed by atoms with Crippen LogP contribution in [-0.4, -0.2) is 37.5 Å². The molecule has 2 aromatic rings. The van der Waals surface area contributed by atoms with Gasteiger partial charge in [0.1, 0.15) is 10.4 Å². The van der Waals surface area contributed by atoms with E-state index < -0.39 is 10.0 Å². The second-order valence-electron chi connectivity index (χ2n) is 6.33. The van der Waals surface area contributed by atoms with E-state index in [0.717, 1.165) is 25.7 Å². The number of hydrogen-bond acceptors (Lipinski definition) is 6. The monoisotopic (exact) mass is 337 g/mol. The van der Waals surface area contributed by atoms with Gasteiger partial charge in [0.2, 0.25) is 10.0 Å². The highest BCUT2D eigenvalue weighted by Crippen LogP contribution is 2.57. The second-order valence-corrected chi connectivity index (χ2v) is 8.01. The van der Waals surface area contributed by atoms with E-state index in [4.69, 9.17) is 4.74 Å². The molecule has 1 aromatic heterocycles. The number of sulfonamides is 1. The normalized spacial score (nSPS) is 26.1. The van der Waals surface area contributed by atoms with Crippen molar-refractivity contribution in [3.05, 3.63) is 18.2 Å². The zero-order valence-corrected chi connectivity index (χ0v) is 13.7. The molecular formula is C15H19N3O4S. The Bertz CT molecular complexity index is 828. The van der Waals surface area contributed by atoms with Crippen LogP contribution in [0.4, 0.5) is 0 Å². The summed E-state index contributed by atoms with van der Waals surface area (Å²) < 4.78 is 38.8. The van der Waals surface area contributed by atoms with Crippen LogP contribution in [0.25, 0.3) is 11.0 Å². The van der Waals surface area contributed by atoms with Crippen LogP contribution in [0.5, 0.6) is 0 Å². The fourth-order valence-corrected chi connectivity index (χ4v) is 5.34. The molecule has 1 heterocycles. The summed E-state index contributed by atoms with van der Waals surface area (Å²) >= 11 is 0. The number of fused-ring (bicyclic) bond motifs is 1. The molecule has 4 rings (SSSR count). The molecule has 0 bridgehead atoms. The first-order chi connectivity index (χ1) is 11.1. The van der Waals surface area contributed by atoms with E-state index >= 15 is 0 Å². The van der Waals surface area contributed by atoms with Crippen LogP contribution in [0.1, 0.15) is 32.6 Å². The Morgan fingerprint density at radius 2 is 2.22 bits per heavy atom. The van der Waals surface area contributed by atoms with E-state index in [1.54, 1.807) is 12.1 Å². The van der Waals surface area contributed by atoms with Crippen molar-refractivity contribution in [2.45, 2.75) is 49.6 Å². The lowest BCUT2D eigenvalue weighted by atomic mass is 9.51. The van der Waals surface area contributed by atoms with Crippen LogP contribution in [0.15, 0.2) is 27.7 Å². The molecule has 2 fully saturated rings. The summed E-state index contributed by atoms with van der Waals surface area (Å²) in [5.74, 6) is 0. The molecule has 2 saturated carbocycles. The van der Waals surface area contributed by atoms with Gasteiger partial charge in [-0.1, -0.05) is 12.5 Å². The molecule has 23 heavy (non-hydrogen) atoms. The summed E-state index contributed by atoms with van der Waals surface area (Å²) in [7, 11) is -3.67. The summed E-state index contributed by atoms with van der Waals surface area (Å²) in [6.45, 7) is 2.64. The molecule has 1 aromatic carbocycles. The Kier molecular flexibility index (Phi) is 3.44. The molecule has 2 atom stereocenters. The first-order valence-electron chi connectivity index (χ1n) is 7.92. The van der Waals surface area contributed by atoms with Crippen molar-refractivity contribution in [2.24, 2.45) is 5.41 Å². The number of rotatable bonds is 5. The Balaban J connectivity index is 1.60. The van der Waals surface area contributed by atoms with Crippen molar-refractivity contribution in [2.75, 3.05) is 6.61 Å². The Labute approximate surface area is 134 Å². The van der Waals surface area contributed by atoms with E-state index in [2.05, 4.69) is 19.7 Å². The summed E-state index contributed by atoms with van der Waals surface area (Å²) in [5.41, 5.74) is 0.675. The van der Waals surface area contributed by atoms with E-state index in [9.17, 15) is 8.42 Å². The van der Waals surface area contributed by atoms with Crippen molar-refractivity contribution < 1.29 is 17.8 Å². The number of hydrogen-bond donors (Lipinski definition) is 1. The molecule has 1 spiro atoms. The van der Waals surface area contributed by atoms with Crippen molar-refractivity contribution in [3.8, 4) is 0 Å². The molecule has 7 nitrogen and oxygen atoms in total. The van der Waals surface area contributed by atoms with Gasteiger partial charge >= 0.3 is 0 Å². The third-order valence-corrected chi connectivity index (χ3v) is 6.78. The van der Waals surface area contributed by atoms with Crippen LogP contribution >= 0.6 is 0 Å². The van der Waals surface area contributed by atoms with E-state index in [1.807, 2.05) is 6.92 Å². The maximum atomic E-state index is 12.8. The standard InChI is InChI=1S/C15H19N3O4S/c1-2-21-13-9-12(15(13)7-4-8-15)18-23(19,20)11-6-3-5-10-14(11)17-22-16-10/h3,5-6,12-13,18H,2,4,7-9H2,1H3/t12-,13+/m1/s1. The predicted octanol–water partition coefficient (Wildman–Crippen LogP) is 1.85. The highest BCUT2D eigenvalue weighted by molar-refractivity contribution is 7.89. The van der Waals surface area contributed by atoms with Crippen molar-refractivity contribution >= 4 is 21.1 Å². The average molecular weight is 337 g/mol. The van der Waals surface area contributed by atoms with E-state index in [1.165, 1.54) is 6.07 Å². The molecule has 124 valence electrons.